The van der Waals surface area contributed by atoms with E-state index in [1.807, 2.05) is 32.9 Å². The highest BCUT2D eigenvalue weighted by molar-refractivity contribution is 7.92. The number of methoxy groups -OCH3 is 1. The summed E-state index contributed by atoms with van der Waals surface area (Å²) in [5.74, 6) is -0.415. The van der Waals surface area contributed by atoms with Crippen molar-refractivity contribution in [1.29, 1.82) is 0 Å². The zero-order valence-corrected chi connectivity index (χ0v) is 16.3. The fraction of sp³-hybridized carbons (Fsp3) is 0.350. The first kappa shape index (κ1) is 18.5. The van der Waals surface area contributed by atoms with E-state index in [0.29, 0.717) is 12.1 Å². The maximum atomic E-state index is 13.4. The summed E-state index contributed by atoms with van der Waals surface area (Å²) in [5.41, 5.74) is 4.65. The number of esters is 1. The molecule has 0 N–H and O–H groups in total. The fourth-order valence-electron chi connectivity index (χ4n) is 3.53. The minimum atomic E-state index is -3.78. The summed E-state index contributed by atoms with van der Waals surface area (Å²) in [6, 6.07) is 10.2. The van der Waals surface area contributed by atoms with Crippen LogP contribution in [0.2, 0.25) is 0 Å². The smallest absolute Gasteiger partial charge is 0.307 e. The molecule has 0 fully saturated rings. The molecule has 0 aliphatic carbocycles. The number of benzene rings is 2. The zero-order valence-electron chi connectivity index (χ0n) is 15.4. The molecule has 0 saturated heterocycles. The lowest BCUT2D eigenvalue weighted by atomic mass is 10.0. The summed E-state index contributed by atoms with van der Waals surface area (Å²) in [6.45, 7) is 5.83. The Morgan fingerprint density at radius 1 is 1.12 bits per heavy atom. The number of sulfonamides is 1. The second kappa shape index (κ2) is 6.76. The van der Waals surface area contributed by atoms with Gasteiger partial charge in [-0.05, 0) is 62.1 Å². The molecule has 2 aromatic carbocycles. The van der Waals surface area contributed by atoms with E-state index in [4.69, 9.17) is 4.74 Å². The number of hydrogen-bond acceptors (Lipinski definition) is 4. The first-order valence-corrected chi connectivity index (χ1v) is 9.96. The number of hydrogen-bond donors (Lipinski definition) is 0. The summed E-state index contributed by atoms with van der Waals surface area (Å²) in [7, 11) is -2.46. The summed E-state index contributed by atoms with van der Waals surface area (Å²) in [4.78, 5) is 12.1. The Kier molecular flexibility index (Phi) is 4.80. The van der Waals surface area contributed by atoms with Crippen LogP contribution in [0.3, 0.4) is 0 Å². The predicted octanol–water partition coefficient (Wildman–Crippen LogP) is 3.29. The van der Waals surface area contributed by atoms with Gasteiger partial charge in [0.1, 0.15) is 0 Å². The van der Waals surface area contributed by atoms with Gasteiger partial charge in [-0.3, -0.25) is 9.10 Å². The molecule has 0 unspecified atom stereocenters. The number of fused-ring (bicyclic) bond motifs is 1. The van der Waals surface area contributed by atoms with Gasteiger partial charge in [0.05, 0.1) is 30.2 Å². The Morgan fingerprint density at radius 3 is 2.38 bits per heavy atom. The second-order valence-corrected chi connectivity index (χ2v) is 8.65. The molecule has 0 spiro atoms. The first-order chi connectivity index (χ1) is 12.2. The van der Waals surface area contributed by atoms with E-state index in [1.165, 1.54) is 11.4 Å². The van der Waals surface area contributed by atoms with Gasteiger partial charge in [-0.15, -0.1) is 0 Å². The van der Waals surface area contributed by atoms with Gasteiger partial charge in [0, 0.05) is 0 Å². The zero-order chi connectivity index (χ0) is 19.1. The van der Waals surface area contributed by atoms with Gasteiger partial charge in [-0.25, -0.2) is 8.42 Å². The van der Waals surface area contributed by atoms with Gasteiger partial charge in [0.2, 0.25) is 0 Å². The van der Waals surface area contributed by atoms with Crippen molar-refractivity contribution in [2.24, 2.45) is 0 Å². The quantitative estimate of drug-likeness (QED) is 0.772. The molecule has 1 atom stereocenters. The van der Waals surface area contributed by atoms with E-state index < -0.39 is 22.0 Å². The van der Waals surface area contributed by atoms with Crippen molar-refractivity contribution < 1.29 is 17.9 Å². The SMILES string of the molecule is COC(=O)C[C@@H]1Cc2c(C)cc(C)cc2N1S(=O)(=O)c1ccc(C)cc1. The average Bonchev–Trinajstić information content (AvgIpc) is 2.94. The summed E-state index contributed by atoms with van der Waals surface area (Å²) in [5, 5.41) is 0. The summed E-state index contributed by atoms with van der Waals surface area (Å²) in [6.07, 6.45) is 0.524. The Labute approximate surface area is 154 Å². The molecule has 2 aromatic rings. The van der Waals surface area contributed by atoms with Crippen LogP contribution in [0.5, 0.6) is 0 Å². The normalized spacial score (nSPS) is 16.5. The molecule has 26 heavy (non-hydrogen) atoms. The van der Waals surface area contributed by atoms with Crippen LogP contribution >= 0.6 is 0 Å². The first-order valence-electron chi connectivity index (χ1n) is 8.52. The molecule has 0 amide bonds. The fourth-order valence-corrected chi connectivity index (χ4v) is 5.20. The Balaban J connectivity index is 2.14. The van der Waals surface area contributed by atoms with Gasteiger partial charge in [0.25, 0.3) is 10.0 Å². The van der Waals surface area contributed by atoms with Crippen molar-refractivity contribution in [3.05, 3.63) is 58.7 Å². The van der Waals surface area contributed by atoms with Crippen LogP contribution in [0.15, 0.2) is 41.3 Å². The molecule has 1 aliphatic heterocycles. The minimum absolute atomic E-state index is 0.0226. The highest BCUT2D eigenvalue weighted by atomic mass is 32.2. The average molecular weight is 373 g/mol. The maximum absolute atomic E-state index is 13.4. The molecule has 0 bridgehead atoms. The molecule has 6 heteroatoms. The number of ether oxygens (including phenoxy) is 1. The number of nitrogens with zero attached hydrogens (tertiary/aromatic N) is 1. The van der Waals surface area contributed by atoms with Crippen molar-refractivity contribution >= 4 is 21.7 Å². The standard InChI is InChI=1S/C20H23NO4S/c1-13-5-7-17(8-6-13)26(23,24)21-16(12-20(22)25-4)11-18-15(3)9-14(2)10-19(18)21/h5-10,16H,11-12H2,1-4H3/t16-/m0/s1. The van der Waals surface area contributed by atoms with Crippen molar-refractivity contribution in [2.45, 2.75) is 44.6 Å². The van der Waals surface area contributed by atoms with Gasteiger partial charge in [-0.2, -0.15) is 0 Å². The van der Waals surface area contributed by atoms with Gasteiger partial charge < -0.3 is 4.74 Å². The number of aryl methyl sites for hydroxylation is 3. The summed E-state index contributed by atoms with van der Waals surface area (Å²) >= 11 is 0. The number of rotatable bonds is 4. The van der Waals surface area contributed by atoms with Crippen LogP contribution in [-0.4, -0.2) is 27.5 Å². The van der Waals surface area contributed by atoms with E-state index in [9.17, 15) is 13.2 Å². The lowest BCUT2D eigenvalue weighted by Crippen LogP contribution is -2.39. The van der Waals surface area contributed by atoms with Gasteiger partial charge >= 0.3 is 5.97 Å². The van der Waals surface area contributed by atoms with Crippen LogP contribution in [0.4, 0.5) is 5.69 Å². The van der Waals surface area contributed by atoms with Crippen LogP contribution in [-0.2, 0) is 26.0 Å². The minimum Gasteiger partial charge on any atom is -0.469 e. The molecule has 5 nitrogen and oxygen atoms in total. The van der Waals surface area contributed by atoms with Gasteiger partial charge in [-0.1, -0.05) is 23.8 Å². The molecule has 3 rings (SSSR count). The van der Waals surface area contributed by atoms with Crippen molar-refractivity contribution in [1.82, 2.24) is 0 Å². The molecule has 1 aliphatic rings. The predicted molar refractivity (Wildman–Crippen MR) is 101 cm³/mol. The molecule has 1 heterocycles. The second-order valence-electron chi connectivity index (χ2n) is 6.83. The molecule has 0 radical (unpaired) electrons. The lowest BCUT2D eigenvalue weighted by Gasteiger charge is -2.26. The molecular weight excluding hydrogens is 350 g/mol. The Hall–Kier alpha value is -2.34. The molecule has 0 aromatic heterocycles. The number of anilines is 1. The number of carbonyl (C=O) groups is 1. The van der Waals surface area contributed by atoms with Crippen LogP contribution < -0.4 is 4.31 Å². The third-order valence-electron chi connectivity index (χ3n) is 4.81. The Bertz CT molecular complexity index is 949. The summed E-state index contributed by atoms with van der Waals surface area (Å²) < 4.78 is 33.0. The third-order valence-corrected chi connectivity index (χ3v) is 6.69. The van der Waals surface area contributed by atoms with Crippen LogP contribution in [0.1, 0.15) is 28.7 Å². The van der Waals surface area contributed by atoms with Crippen molar-refractivity contribution in [3.8, 4) is 0 Å². The highest BCUT2D eigenvalue weighted by Crippen LogP contribution is 2.40. The van der Waals surface area contributed by atoms with Crippen molar-refractivity contribution in [2.75, 3.05) is 11.4 Å². The number of carbonyl (C=O) groups excluding carboxylic acids is 1. The molecule has 0 saturated carbocycles. The van der Waals surface area contributed by atoms with Crippen LogP contribution in [0, 0.1) is 20.8 Å². The van der Waals surface area contributed by atoms with E-state index in [1.54, 1.807) is 24.3 Å². The molecule has 138 valence electrons. The van der Waals surface area contributed by atoms with E-state index in [0.717, 1.165) is 22.3 Å². The van der Waals surface area contributed by atoms with Crippen LogP contribution in [0.25, 0.3) is 0 Å². The largest absolute Gasteiger partial charge is 0.469 e. The van der Waals surface area contributed by atoms with E-state index in [-0.39, 0.29) is 11.3 Å². The van der Waals surface area contributed by atoms with E-state index in [2.05, 4.69) is 0 Å². The molecular formula is C20H23NO4S. The maximum Gasteiger partial charge on any atom is 0.307 e. The lowest BCUT2D eigenvalue weighted by molar-refractivity contribution is -0.140. The third kappa shape index (κ3) is 3.21. The van der Waals surface area contributed by atoms with E-state index >= 15 is 0 Å². The topological polar surface area (TPSA) is 63.7 Å². The highest BCUT2D eigenvalue weighted by Gasteiger charge is 2.40. The van der Waals surface area contributed by atoms with Gasteiger partial charge in [0.15, 0.2) is 0 Å². The van der Waals surface area contributed by atoms with Crippen molar-refractivity contribution in [3.63, 3.8) is 0 Å². The monoisotopic (exact) mass is 373 g/mol. The Morgan fingerprint density at radius 2 is 1.77 bits per heavy atom.